The fourth-order valence-corrected chi connectivity index (χ4v) is 3.55. The van der Waals surface area contributed by atoms with Crippen molar-refractivity contribution in [2.24, 2.45) is 17.6 Å². The van der Waals surface area contributed by atoms with Crippen LogP contribution >= 0.6 is 0 Å². The molecular formula is C15H18N2. The highest BCUT2D eigenvalue weighted by atomic mass is 14.8. The predicted octanol–water partition coefficient (Wildman–Crippen LogP) is 2.42. The highest BCUT2D eigenvalue weighted by molar-refractivity contribution is 5.31. The first-order valence-electron chi connectivity index (χ1n) is 6.47. The standard InChI is InChI=1S/C15H18N2/c16-10-15(17)6-5-13-7-11-3-1-2-4-12(11)8-14(13)9-15/h1-4,13-14H,5-9,17H2/t13-,14+,15?/m0/s1. The molecule has 2 N–H and O–H groups in total. The lowest BCUT2D eigenvalue weighted by Gasteiger charge is -2.42. The maximum atomic E-state index is 9.16. The number of nitrogens with zero attached hydrogens (tertiary/aromatic N) is 1. The van der Waals surface area contributed by atoms with E-state index in [1.807, 2.05) is 0 Å². The number of fused-ring (bicyclic) bond motifs is 2. The fourth-order valence-electron chi connectivity index (χ4n) is 3.55. The van der Waals surface area contributed by atoms with E-state index in [0.29, 0.717) is 5.92 Å². The summed E-state index contributed by atoms with van der Waals surface area (Å²) in [6.45, 7) is 0. The van der Waals surface area contributed by atoms with Gasteiger partial charge in [-0.15, -0.1) is 0 Å². The molecule has 88 valence electrons. The summed E-state index contributed by atoms with van der Waals surface area (Å²) in [5.74, 6) is 1.36. The average Bonchev–Trinajstić information content (AvgIpc) is 2.36. The first-order valence-corrected chi connectivity index (χ1v) is 6.47. The second-order valence-electron chi connectivity index (χ2n) is 5.71. The third-order valence-electron chi connectivity index (χ3n) is 4.56. The monoisotopic (exact) mass is 226 g/mol. The van der Waals surface area contributed by atoms with Crippen LogP contribution in [-0.2, 0) is 12.8 Å². The van der Waals surface area contributed by atoms with Gasteiger partial charge in [0.05, 0.1) is 6.07 Å². The van der Waals surface area contributed by atoms with Gasteiger partial charge in [-0.3, -0.25) is 0 Å². The van der Waals surface area contributed by atoms with Crippen LogP contribution in [0.4, 0.5) is 0 Å². The quantitative estimate of drug-likeness (QED) is 0.738. The number of benzene rings is 1. The minimum absolute atomic E-state index is 0.562. The van der Waals surface area contributed by atoms with Crippen LogP contribution in [0.5, 0.6) is 0 Å². The van der Waals surface area contributed by atoms with Crippen molar-refractivity contribution >= 4 is 0 Å². The van der Waals surface area contributed by atoms with Gasteiger partial charge in [-0.2, -0.15) is 5.26 Å². The van der Waals surface area contributed by atoms with E-state index >= 15 is 0 Å². The van der Waals surface area contributed by atoms with Gasteiger partial charge in [0.15, 0.2) is 0 Å². The van der Waals surface area contributed by atoms with Gasteiger partial charge >= 0.3 is 0 Å². The van der Waals surface area contributed by atoms with Crippen molar-refractivity contribution in [3.8, 4) is 6.07 Å². The first-order chi connectivity index (χ1) is 8.20. The zero-order valence-corrected chi connectivity index (χ0v) is 10.0. The molecule has 0 radical (unpaired) electrons. The molecule has 0 amide bonds. The molecule has 2 aliphatic rings. The number of hydrogen-bond acceptors (Lipinski definition) is 2. The van der Waals surface area contributed by atoms with Crippen LogP contribution in [0, 0.1) is 23.2 Å². The van der Waals surface area contributed by atoms with E-state index in [1.165, 1.54) is 17.5 Å². The molecule has 1 fully saturated rings. The van der Waals surface area contributed by atoms with Crippen molar-refractivity contribution in [2.45, 2.75) is 37.6 Å². The highest BCUT2D eigenvalue weighted by Gasteiger charge is 2.40. The van der Waals surface area contributed by atoms with E-state index in [0.717, 1.165) is 31.6 Å². The van der Waals surface area contributed by atoms with Crippen molar-refractivity contribution in [1.82, 2.24) is 0 Å². The third kappa shape index (κ3) is 1.85. The van der Waals surface area contributed by atoms with E-state index in [-0.39, 0.29) is 0 Å². The molecule has 2 nitrogen and oxygen atoms in total. The molecule has 3 rings (SSSR count). The summed E-state index contributed by atoms with van der Waals surface area (Å²) in [6.07, 6.45) is 5.15. The second kappa shape index (κ2) is 3.85. The Morgan fingerprint density at radius 1 is 1.18 bits per heavy atom. The van der Waals surface area contributed by atoms with Crippen molar-refractivity contribution < 1.29 is 0 Å². The van der Waals surface area contributed by atoms with Gasteiger partial charge in [-0.25, -0.2) is 0 Å². The second-order valence-corrected chi connectivity index (χ2v) is 5.71. The smallest absolute Gasteiger partial charge is 0.104 e. The van der Waals surface area contributed by atoms with Crippen molar-refractivity contribution in [3.05, 3.63) is 35.4 Å². The van der Waals surface area contributed by atoms with E-state index < -0.39 is 5.54 Å². The Hall–Kier alpha value is -1.33. The van der Waals surface area contributed by atoms with Crippen molar-refractivity contribution in [3.63, 3.8) is 0 Å². The lowest BCUT2D eigenvalue weighted by molar-refractivity contribution is 0.172. The van der Waals surface area contributed by atoms with Gasteiger partial charge in [0.25, 0.3) is 0 Å². The molecule has 0 spiro atoms. The summed E-state index contributed by atoms with van der Waals surface area (Å²) < 4.78 is 0. The molecule has 2 heteroatoms. The molecule has 2 aliphatic carbocycles. The molecule has 0 aliphatic heterocycles. The predicted molar refractivity (Wildman–Crippen MR) is 67.2 cm³/mol. The van der Waals surface area contributed by atoms with Crippen LogP contribution in [0.3, 0.4) is 0 Å². The van der Waals surface area contributed by atoms with Gasteiger partial charge in [0.2, 0.25) is 0 Å². The minimum atomic E-state index is -0.562. The van der Waals surface area contributed by atoms with E-state index in [9.17, 15) is 0 Å². The van der Waals surface area contributed by atoms with Gasteiger partial charge in [0.1, 0.15) is 5.54 Å². The minimum Gasteiger partial charge on any atom is -0.313 e. The fraction of sp³-hybridized carbons (Fsp3) is 0.533. The Balaban J connectivity index is 1.86. The highest BCUT2D eigenvalue weighted by Crippen LogP contribution is 2.42. The summed E-state index contributed by atoms with van der Waals surface area (Å²) in [5.41, 5.74) is 8.54. The molecule has 1 saturated carbocycles. The Labute approximate surface area is 102 Å². The molecule has 1 aromatic carbocycles. The summed E-state index contributed by atoms with van der Waals surface area (Å²) in [7, 11) is 0. The summed E-state index contributed by atoms with van der Waals surface area (Å²) in [6, 6.07) is 11.0. The third-order valence-corrected chi connectivity index (χ3v) is 4.56. The summed E-state index contributed by atoms with van der Waals surface area (Å²) >= 11 is 0. The molecule has 3 atom stereocenters. The van der Waals surface area contributed by atoms with Crippen molar-refractivity contribution in [2.75, 3.05) is 0 Å². The lowest BCUT2D eigenvalue weighted by atomic mass is 9.64. The molecule has 17 heavy (non-hydrogen) atoms. The first kappa shape index (κ1) is 10.8. The Morgan fingerprint density at radius 2 is 1.82 bits per heavy atom. The maximum Gasteiger partial charge on any atom is 0.104 e. The molecule has 0 heterocycles. The molecule has 0 bridgehead atoms. The van der Waals surface area contributed by atoms with Crippen LogP contribution in [-0.4, -0.2) is 5.54 Å². The lowest BCUT2D eigenvalue weighted by Crippen LogP contribution is -2.47. The number of hydrogen-bond donors (Lipinski definition) is 1. The maximum absolute atomic E-state index is 9.16. The Bertz CT molecular complexity index is 474. The van der Waals surface area contributed by atoms with E-state index in [2.05, 4.69) is 30.3 Å². The number of nitrogens with two attached hydrogens (primary N) is 1. The van der Waals surface area contributed by atoms with E-state index in [1.54, 1.807) is 0 Å². The SMILES string of the molecule is N#CC1(N)CC[C@H]2Cc3ccccc3C[C@@H]2C1. The molecule has 0 aromatic heterocycles. The summed E-state index contributed by atoms with van der Waals surface area (Å²) in [5, 5.41) is 9.16. The van der Waals surface area contributed by atoms with E-state index in [4.69, 9.17) is 11.0 Å². The zero-order chi connectivity index (χ0) is 11.9. The van der Waals surface area contributed by atoms with Gasteiger partial charge < -0.3 is 5.73 Å². The molecule has 0 saturated heterocycles. The van der Waals surface area contributed by atoms with Crippen LogP contribution in [0.25, 0.3) is 0 Å². The Kier molecular flexibility index (Phi) is 2.45. The Morgan fingerprint density at radius 3 is 2.47 bits per heavy atom. The zero-order valence-electron chi connectivity index (χ0n) is 10.0. The number of rotatable bonds is 0. The van der Waals surface area contributed by atoms with Crippen LogP contribution in [0.15, 0.2) is 24.3 Å². The van der Waals surface area contributed by atoms with Gasteiger partial charge in [0, 0.05) is 0 Å². The number of nitriles is 1. The summed E-state index contributed by atoms with van der Waals surface area (Å²) in [4.78, 5) is 0. The van der Waals surface area contributed by atoms with Gasteiger partial charge in [-0.1, -0.05) is 24.3 Å². The molecular weight excluding hydrogens is 208 g/mol. The largest absolute Gasteiger partial charge is 0.313 e. The van der Waals surface area contributed by atoms with Crippen LogP contribution < -0.4 is 5.73 Å². The van der Waals surface area contributed by atoms with Crippen LogP contribution in [0.2, 0.25) is 0 Å². The topological polar surface area (TPSA) is 49.8 Å². The normalized spacial score (nSPS) is 35.5. The van der Waals surface area contributed by atoms with Crippen LogP contribution in [0.1, 0.15) is 30.4 Å². The molecule has 1 aromatic rings. The van der Waals surface area contributed by atoms with Crippen molar-refractivity contribution in [1.29, 1.82) is 5.26 Å². The molecule has 1 unspecified atom stereocenters. The average molecular weight is 226 g/mol. The van der Waals surface area contributed by atoms with Gasteiger partial charge in [-0.05, 0) is 55.1 Å².